The van der Waals surface area contributed by atoms with Gasteiger partial charge in [0.2, 0.25) is 0 Å². The molecule has 3 rings (SSSR count). The lowest BCUT2D eigenvalue weighted by Crippen LogP contribution is -2.52. The van der Waals surface area contributed by atoms with Crippen LogP contribution < -0.4 is 10.6 Å². The Hall–Kier alpha value is -1.85. The van der Waals surface area contributed by atoms with Crippen LogP contribution in [0.3, 0.4) is 0 Å². The predicted molar refractivity (Wildman–Crippen MR) is 103 cm³/mol. The van der Waals surface area contributed by atoms with Gasteiger partial charge in [-0.2, -0.15) is 5.10 Å². The van der Waals surface area contributed by atoms with E-state index >= 15 is 0 Å². The third-order valence-electron chi connectivity index (χ3n) is 4.81. The molecule has 136 valence electrons. The number of rotatable bonds is 3. The number of hydrogen-bond acceptors (Lipinski definition) is 3. The van der Waals surface area contributed by atoms with Gasteiger partial charge in [-0.15, -0.1) is 12.4 Å². The Balaban J connectivity index is 0.00000225. The zero-order valence-electron chi connectivity index (χ0n) is 15.1. The van der Waals surface area contributed by atoms with Crippen LogP contribution in [0.1, 0.15) is 39.2 Å². The van der Waals surface area contributed by atoms with Crippen LogP contribution in [0, 0.1) is 0 Å². The van der Waals surface area contributed by atoms with Crippen LogP contribution in [0.15, 0.2) is 42.7 Å². The van der Waals surface area contributed by atoms with Gasteiger partial charge in [-0.05, 0) is 55.1 Å². The Morgan fingerprint density at radius 3 is 2.36 bits per heavy atom. The van der Waals surface area contributed by atoms with Crippen LogP contribution in [-0.2, 0) is 15.7 Å². The highest BCUT2D eigenvalue weighted by Gasteiger charge is 2.42. The van der Waals surface area contributed by atoms with Crippen LogP contribution in [0.2, 0.25) is 0 Å². The summed E-state index contributed by atoms with van der Waals surface area (Å²) in [5.41, 5.74) is 1.58. The van der Waals surface area contributed by atoms with E-state index in [4.69, 9.17) is 0 Å². The summed E-state index contributed by atoms with van der Waals surface area (Å²) in [6, 6.07) is 10.00. The first-order valence-corrected chi connectivity index (χ1v) is 8.55. The average molecular weight is 363 g/mol. The molecule has 2 heterocycles. The third-order valence-corrected chi connectivity index (χ3v) is 4.81. The largest absolute Gasteiger partial charge is 0.324 e. The number of nitrogens with zero attached hydrogens (tertiary/aromatic N) is 2. The molecular weight excluding hydrogens is 336 g/mol. The van der Waals surface area contributed by atoms with Crippen LogP contribution >= 0.6 is 12.4 Å². The summed E-state index contributed by atoms with van der Waals surface area (Å²) in [6.07, 6.45) is 5.09. The number of piperidine rings is 1. The summed E-state index contributed by atoms with van der Waals surface area (Å²) in [7, 11) is 0. The van der Waals surface area contributed by atoms with Crippen molar-refractivity contribution in [3.05, 3.63) is 48.3 Å². The lowest BCUT2D eigenvalue weighted by Gasteiger charge is -2.36. The van der Waals surface area contributed by atoms with E-state index in [9.17, 15) is 4.79 Å². The molecule has 0 bridgehead atoms. The highest BCUT2D eigenvalue weighted by atomic mass is 35.5. The van der Waals surface area contributed by atoms with E-state index in [0.29, 0.717) is 0 Å². The fourth-order valence-corrected chi connectivity index (χ4v) is 3.22. The maximum absolute atomic E-state index is 13.1. The van der Waals surface area contributed by atoms with Crippen molar-refractivity contribution in [1.29, 1.82) is 0 Å². The van der Waals surface area contributed by atoms with Crippen LogP contribution in [0.4, 0.5) is 5.69 Å². The first-order chi connectivity index (χ1) is 11.4. The Morgan fingerprint density at radius 2 is 1.84 bits per heavy atom. The first kappa shape index (κ1) is 19.5. The SMILES string of the molecule is CC(C)(C)c1ccc(NC(=O)C2(n3cccn3)CCNCC2)cc1.Cl. The zero-order chi connectivity index (χ0) is 17.2. The second-order valence-corrected chi connectivity index (χ2v) is 7.51. The highest BCUT2D eigenvalue weighted by Crippen LogP contribution is 2.29. The van der Waals surface area contributed by atoms with Crippen molar-refractivity contribution < 1.29 is 4.79 Å². The van der Waals surface area contributed by atoms with Crippen molar-refractivity contribution in [1.82, 2.24) is 15.1 Å². The molecule has 1 aliphatic rings. The van der Waals surface area contributed by atoms with Gasteiger partial charge < -0.3 is 10.6 Å². The molecule has 2 aromatic rings. The second kappa shape index (κ2) is 7.58. The summed E-state index contributed by atoms with van der Waals surface area (Å²) < 4.78 is 1.81. The van der Waals surface area contributed by atoms with Crippen molar-refractivity contribution in [2.75, 3.05) is 18.4 Å². The quantitative estimate of drug-likeness (QED) is 0.880. The van der Waals surface area contributed by atoms with Gasteiger partial charge in [-0.25, -0.2) is 0 Å². The van der Waals surface area contributed by atoms with Gasteiger partial charge >= 0.3 is 0 Å². The number of amides is 1. The van der Waals surface area contributed by atoms with E-state index in [2.05, 4.69) is 48.6 Å². The Bertz CT molecular complexity index is 683. The minimum Gasteiger partial charge on any atom is -0.324 e. The van der Waals surface area contributed by atoms with Crippen molar-refractivity contribution in [2.24, 2.45) is 0 Å². The molecule has 1 amide bonds. The van der Waals surface area contributed by atoms with Gasteiger partial charge in [0.1, 0.15) is 5.54 Å². The molecule has 0 atom stereocenters. The smallest absolute Gasteiger partial charge is 0.252 e. The number of hydrogen-bond donors (Lipinski definition) is 2. The molecule has 0 radical (unpaired) electrons. The molecule has 0 saturated carbocycles. The number of benzene rings is 1. The molecule has 1 aliphatic heterocycles. The molecule has 25 heavy (non-hydrogen) atoms. The monoisotopic (exact) mass is 362 g/mol. The van der Waals surface area contributed by atoms with E-state index in [1.54, 1.807) is 6.20 Å². The van der Waals surface area contributed by atoms with Gasteiger partial charge in [0, 0.05) is 18.1 Å². The molecule has 1 fully saturated rings. The first-order valence-electron chi connectivity index (χ1n) is 8.55. The Kier molecular flexibility index (Phi) is 5.91. The van der Waals surface area contributed by atoms with E-state index in [0.717, 1.165) is 31.6 Å². The molecule has 0 aliphatic carbocycles. The van der Waals surface area contributed by atoms with E-state index in [1.807, 2.05) is 29.1 Å². The number of halogens is 1. The minimum absolute atomic E-state index is 0. The van der Waals surface area contributed by atoms with Crippen LogP contribution in [0.25, 0.3) is 0 Å². The summed E-state index contributed by atoms with van der Waals surface area (Å²) in [6.45, 7) is 8.18. The Morgan fingerprint density at radius 1 is 1.20 bits per heavy atom. The molecular formula is C19H27ClN4O. The normalized spacial score (nSPS) is 16.8. The van der Waals surface area contributed by atoms with Crippen molar-refractivity contribution in [3.8, 4) is 0 Å². The lowest BCUT2D eigenvalue weighted by atomic mass is 9.86. The number of carbonyl (C=O) groups is 1. The van der Waals surface area contributed by atoms with Gasteiger partial charge in [0.05, 0.1) is 0 Å². The maximum atomic E-state index is 13.1. The average Bonchev–Trinajstić information content (AvgIpc) is 3.10. The fourth-order valence-electron chi connectivity index (χ4n) is 3.22. The third kappa shape index (κ3) is 4.05. The summed E-state index contributed by atoms with van der Waals surface area (Å²) in [5, 5.41) is 10.8. The molecule has 2 N–H and O–H groups in total. The van der Waals surface area contributed by atoms with Crippen LogP contribution in [-0.4, -0.2) is 28.8 Å². The number of nitrogens with one attached hydrogen (secondary N) is 2. The minimum atomic E-state index is -0.614. The summed E-state index contributed by atoms with van der Waals surface area (Å²) in [5.74, 6) is 0.0104. The summed E-state index contributed by atoms with van der Waals surface area (Å²) >= 11 is 0. The lowest BCUT2D eigenvalue weighted by molar-refractivity contribution is -0.126. The highest BCUT2D eigenvalue weighted by molar-refractivity contribution is 5.96. The summed E-state index contributed by atoms with van der Waals surface area (Å²) in [4.78, 5) is 13.1. The van der Waals surface area contributed by atoms with E-state index in [1.165, 1.54) is 5.56 Å². The van der Waals surface area contributed by atoms with Crippen LogP contribution in [0.5, 0.6) is 0 Å². The van der Waals surface area contributed by atoms with Gasteiger partial charge in [-0.1, -0.05) is 32.9 Å². The number of anilines is 1. The maximum Gasteiger partial charge on any atom is 0.252 e. The molecule has 0 unspecified atom stereocenters. The standard InChI is InChI=1S/C19H26N4O.ClH/c1-18(2,3)15-5-7-16(8-6-15)22-17(24)19(9-12-20-13-10-19)23-14-4-11-21-23;/h4-8,11,14,20H,9-10,12-13H2,1-3H3,(H,22,24);1H. The Labute approximate surface area is 155 Å². The molecule has 6 heteroatoms. The van der Waals surface area contributed by atoms with E-state index < -0.39 is 5.54 Å². The molecule has 1 aromatic carbocycles. The van der Waals surface area contributed by atoms with Crippen molar-refractivity contribution in [2.45, 2.75) is 44.6 Å². The van der Waals surface area contributed by atoms with E-state index in [-0.39, 0.29) is 23.7 Å². The molecule has 1 aromatic heterocycles. The fraction of sp³-hybridized carbons (Fsp3) is 0.474. The van der Waals surface area contributed by atoms with Gasteiger partial charge in [0.25, 0.3) is 5.91 Å². The number of carbonyl (C=O) groups excluding carboxylic acids is 1. The van der Waals surface area contributed by atoms with Gasteiger partial charge in [-0.3, -0.25) is 9.48 Å². The molecule has 1 saturated heterocycles. The second-order valence-electron chi connectivity index (χ2n) is 7.51. The molecule has 0 spiro atoms. The van der Waals surface area contributed by atoms with Gasteiger partial charge in [0.15, 0.2) is 0 Å². The zero-order valence-corrected chi connectivity index (χ0v) is 15.9. The van der Waals surface area contributed by atoms with Crippen molar-refractivity contribution >= 4 is 24.0 Å². The van der Waals surface area contributed by atoms with Crippen molar-refractivity contribution in [3.63, 3.8) is 0 Å². The number of aromatic nitrogens is 2. The topological polar surface area (TPSA) is 59.0 Å². The molecule has 5 nitrogen and oxygen atoms in total. The predicted octanol–water partition coefficient (Wildman–Crippen LogP) is 3.32.